The quantitative estimate of drug-likeness (QED) is 0.664. The van der Waals surface area contributed by atoms with Crippen LogP contribution in [0.5, 0.6) is 11.5 Å². The van der Waals surface area contributed by atoms with Crippen LogP contribution < -0.4 is 14.8 Å². The lowest BCUT2D eigenvalue weighted by atomic mass is 10.1. The van der Waals surface area contributed by atoms with E-state index < -0.39 is 0 Å². The highest BCUT2D eigenvalue weighted by atomic mass is 16.5. The van der Waals surface area contributed by atoms with Gasteiger partial charge in [0.15, 0.2) is 11.5 Å². The molecule has 0 spiro atoms. The van der Waals surface area contributed by atoms with Crippen LogP contribution in [0.2, 0.25) is 0 Å². The van der Waals surface area contributed by atoms with Crippen molar-refractivity contribution >= 4 is 5.95 Å². The Morgan fingerprint density at radius 2 is 1.92 bits per heavy atom. The molecule has 0 atom stereocenters. The van der Waals surface area contributed by atoms with Gasteiger partial charge in [-0.1, -0.05) is 42.5 Å². The normalized spacial score (nSPS) is 10.4. The molecule has 124 valence electrons. The Bertz CT molecular complexity index is 745. The summed E-state index contributed by atoms with van der Waals surface area (Å²) in [4.78, 5) is 4.06. The van der Waals surface area contributed by atoms with Gasteiger partial charge in [0.1, 0.15) is 12.9 Å². The van der Waals surface area contributed by atoms with Gasteiger partial charge in [-0.25, -0.2) is 10.1 Å². The van der Waals surface area contributed by atoms with Gasteiger partial charge in [0, 0.05) is 12.1 Å². The first-order valence-electron chi connectivity index (χ1n) is 7.87. The summed E-state index contributed by atoms with van der Waals surface area (Å²) < 4.78 is 11.8. The zero-order valence-corrected chi connectivity index (χ0v) is 13.5. The van der Waals surface area contributed by atoms with Crippen molar-refractivity contribution in [2.45, 2.75) is 20.1 Å². The average Bonchev–Trinajstić information content (AvgIpc) is 3.14. The molecule has 2 N–H and O–H groups in total. The van der Waals surface area contributed by atoms with Crippen molar-refractivity contribution in [2.24, 2.45) is 0 Å². The topological polar surface area (TPSA) is 72.1 Å². The summed E-state index contributed by atoms with van der Waals surface area (Å²) in [6, 6.07) is 15.9. The van der Waals surface area contributed by atoms with Crippen LogP contribution >= 0.6 is 0 Å². The Morgan fingerprint density at radius 1 is 1.04 bits per heavy atom. The zero-order valence-electron chi connectivity index (χ0n) is 13.5. The second-order valence-electron chi connectivity index (χ2n) is 5.14. The largest absolute Gasteiger partial charge is 0.490 e. The van der Waals surface area contributed by atoms with Gasteiger partial charge in [0.05, 0.1) is 6.61 Å². The molecule has 1 heterocycles. The highest BCUT2D eigenvalue weighted by Gasteiger charge is 2.12. The molecule has 0 amide bonds. The summed E-state index contributed by atoms with van der Waals surface area (Å²) in [5.41, 5.74) is 2.10. The Kier molecular flexibility index (Phi) is 5.29. The third-order valence-electron chi connectivity index (χ3n) is 3.45. The lowest BCUT2D eigenvalue weighted by Gasteiger charge is -2.16. The van der Waals surface area contributed by atoms with Crippen molar-refractivity contribution in [3.05, 3.63) is 66.0 Å². The van der Waals surface area contributed by atoms with Gasteiger partial charge >= 0.3 is 0 Å². The molecule has 0 saturated heterocycles. The Morgan fingerprint density at radius 3 is 2.67 bits per heavy atom. The van der Waals surface area contributed by atoms with E-state index in [4.69, 9.17) is 9.47 Å². The van der Waals surface area contributed by atoms with E-state index in [2.05, 4.69) is 20.5 Å². The number of benzene rings is 2. The van der Waals surface area contributed by atoms with Crippen LogP contribution in [0, 0.1) is 0 Å². The summed E-state index contributed by atoms with van der Waals surface area (Å²) in [5.74, 6) is 2.10. The summed E-state index contributed by atoms with van der Waals surface area (Å²) in [6.45, 7) is 3.58. The predicted octanol–water partition coefficient (Wildman–Crippen LogP) is 3.39. The summed E-state index contributed by atoms with van der Waals surface area (Å²) in [5, 5.41) is 9.79. The molecule has 0 radical (unpaired) electrons. The van der Waals surface area contributed by atoms with E-state index in [0.29, 0.717) is 25.7 Å². The molecular weight excluding hydrogens is 304 g/mol. The van der Waals surface area contributed by atoms with E-state index in [1.54, 1.807) is 0 Å². The number of nitrogens with one attached hydrogen (secondary N) is 2. The molecule has 0 aliphatic heterocycles. The van der Waals surface area contributed by atoms with Crippen LogP contribution in [-0.4, -0.2) is 21.8 Å². The van der Waals surface area contributed by atoms with Crippen LogP contribution in [0.3, 0.4) is 0 Å². The SMILES string of the molecule is CCOc1cccc(CNc2ncn[nH]2)c1OCc1ccccc1. The first-order chi connectivity index (χ1) is 11.9. The van der Waals surface area contributed by atoms with E-state index in [1.807, 2.05) is 55.5 Å². The summed E-state index contributed by atoms with van der Waals surface area (Å²) >= 11 is 0. The molecule has 0 aliphatic carbocycles. The van der Waals surface area contributed by atoms with Crippen LogP contribution in [0.1, 0.15) is 18.1 Å². The van der Waals surface area contributed by atoms with Crippen LogP contribution in [0.4, 0.5) is 5.95 Å². The smallest absolute Gasteiger partial charge is 0.218 e. The molecule has 0 fully saturated rings. The average molecular weight is 324 g/mol. The molecule has 24 heavy (non-hydrogen) atoms. The van der Waals surface area contributed by atoms with Crippen LogP contribution in [-0.2, 0) is 13.2 Å². The number of aromatic nitrogens is 3. The minimum atomic E-state index is 0.486. The zero-order chi connectivity index (χ0) is 16.6. The van der Waals surface area contributed by atoms with Gasteiger partial charge in [-0.15, -0.1) is 0 Å². The van der Waals surface area contributed by atoms with Gasteiger partial charge < -0.3 is 14.8 Å². The Balaban J connectivity index is 1.77. The third kappa shape index (κ3) is 4.04. The van der Waals surface area contributed by atoms with Crippen molar-refractivity contribution in [3.63, 3.8) is 0 Å². The molecule has 3 rings (SSSR count). The van der Waals surface area contributed by atoms with Gasteiger partial charge in [0.25, 0.3) is 0 Å². The minimum Gasteiger partial charge on any atom is -0.490 e. The predicted molar refractivity (Wildman–Crippen MR) is 92.1 cm³/mol. The van der Waals surface area contributed by atoms with E-state index in [1.165, 1.54) is 6.33 Å². The van der Waals surface area contributed by atoms with Crippen LogP contribution in [0.25, 0.3) is 0 Å². The maximum atomic E-state index is 6.07. The minimum absolute atomic E-state index is 0.486. The summed E-state index contributed by atoms with van der Waals surface area (Å²) in [6.07, 6.45) is 1.46. The van der Waals surface area contributed by atoms with Gasteiger partial charge in [-0.05, 0) is 18.6 Å². The van der Waals surface area contributed by atoms with Crippen molar-refractivity contribution in [3.8, 4) is 11.5 Å². The lowest BCUT2D eigenvalue weighted by Crippen LogP contribution is -2.06. The fourth-order valence-electron chi connectivity index (χ4n) is 2.33. The fraction of sp³-hybridized carbons (Fsp3) is 0.222. The molecule has 2 aromatic carbocycles. The number of H-pyrrole nitrogens is 1. The molecule has 6 heteroatoms. The van der Waals surface area contributed by atoms with E-state index in [9.17, 15) is 0 Å². The number of hydrogen-bond donors (Lipinski definition) is 2. The number of hydrogen-bond acceptors (Lipinski definition) is 5. The molecule has 1 aromatic heterocycles. The lowest BCUT2D eigenvalue weighted by molar-refractivity contribution is 0.267. The van der Waals surface area contributed by atoms with Crippen molar-refractivity contribution in [1.29, 1.82) is 0 Å². The molecule has 0 bridgehead atoms. The monoisotopic (exact) mass is 324 g/mol. The van der Waals surface area contributed by atoms with Crippen molar-refractivity contribution in [1.82, 2.24) is 15.2 Å². The molecule has 0 aliphatic rings. The molecule has 0 unspecified atom stereocenters. The van der Waals surface area contributed by atoms with Gasteiger partial charge in [-0.3, -0.25) is 0 Å². The number of anilines is 1. The standard InChI is InChI=1S/C18H20N4O2/c1-2-23-16-10-6-9-15(11-19-18-20-13-21-22-18)17(16)24-12-14-7-4-3-5-8-14/h3-10,13H,2,11-12H2,1H3,(H2,19,20,21,22). The molecule has 3 aromatic rings. The second kappa shape index (κ2) is 8.01. The number of nitrogens with zero attached hydrogens (tertiary/aromatic N) is 2. The van der Waals surface area contributed by atoms with E-state index in [0.717, 1.165) is 22.6 Å². The molecule has 6 nitrogen and oxygen atoms in total. The Hall–Kier alpha value is -3.02. The molecular formula is C18H20N4O2. The number of ether oxygens (including phenoxy) is 2. The number of para-hydroxylation sites is 1. The van der Waals surface area contributed by atoms with Crippen molar-refractivity contribution in [2.75, 3.05) is 11.9 Å². The number of rotatable bonds is 8. The second-order valence-corrected chi connectivity index (χ2v) is 5.14. The van der Waals surface area contributed by atoms with E-state index >= 15 is 0 Å². The third-order valence-corrected chi connectivity index (χ3v) is 3.45. The first kappa shape index (κ1) is 15.9. The van der Waals surface area contributed by atoms with Crippen LogP contribution in [0.15, 0.2) is 54.9 Å². The van der Waals surface area contributed by atoms with Gasteiger partial charge in [0.2, 0.25) is 5.95 Å². The van der Waals surface area contributed by atoms with E-state index in [-0.39, 0.29) is 0 Å². The first-order valence-corrected chi connectivity index (χ1v) is 7.87. The summed E-state index contributed by atoms with van der Waals surface area (Å²) in [7, 11) is 0. The maximum Gasteiger partial charge on any atom is 0.218 e. The van der Waals surface area contributed by atoms with Gasteiger partial charge in [-0.2, -0.15) is 5.10 Å². The fourth-order valence-corrected chi connectivity index (χ4v) is 2.33. The Labute approximate surface area is 140 Å². The number of aromatic amines is 1. The highest BCUT2D eigenvalue weighted by Crippen LogP contribution is 2.32. The maximum absolute atomic E-state index is 6.07. The molecule has 0 saturated carbocycles. The highest BCUT2D eigenvalue weighted by molar-refractivity contribution is 5.48. The van der Waals surface area contributed by atoms with Crippen molar-refractivity contribution < 1.29 is 9.47 Å².